The molecule has 0 radical (unpaired) electrons. The van der Waals surface area contributed by atoms with Crippen LogP contribution in [0.3, 0.4) is 0 Å². The van der Waals surface area contributed by atoms with Gasteiger partial charge in [-0.25, -0.2) is 23.8 Å². The molecular weight excluding hydrogens is 698 g/mol. The summed E-state index contributed by atoms with van der Waals surface area (Å²) < 4.78 is 50.3. The minimum Gasteiger partial charge on any atom is -0.859 e. The van der Waals surface area contributed by atoms with E-state index in [0.717, 1.165) is 6.33 Å². The van der Waals surface area contributed by atoms with Gasteiger partial charge in [-0.05, 0) is 17.9 Å². The van der Waals surface area contributed by atoms with E-state index in [1.807, 2.05) is 0 Å². The van der Waals surface area contributed by atoms with E-state index in [0.29, 0.717) is 0 Å². The molecule has 250 valence electrons. The van der Waals surface area contributed by atoms with Crippen LogP contribution in [0.4, 0.5) is 5.82 Å². The van der Waals surface area contributed by atoms with Gasteiger partial charge in [-0.1, -0.05) is 6.08 Å². The fourth-order valence-corrected chi connectivity index (χ4v) is 6.71. The van der Waals surface area contributed by atoms with Crippen LogP contribution in [0.5, 0.6) is 0 Å². The molecule has 22 nitrogen and oxygen atoms in total. The number of hydrogen-bond acceptors (Lipinski definition) is 19. The number of aliphatic hydroxyl groups excluding tert-OH is 4. The zero-order chi connectivity index (χ0) is 32.0. The van der Waals surface area contributed by atoms with Gasteiger partial charge in [-0.3, -0.25) is 13.7 Å². The largest absolute Gasteiger partial charge is 1.00 e. The Labute approximate surface area is 309 Å². The van der Waals surface area contributed by atoms with Crippen molar-refractivity contribution in [3.8, 4) is 0 Å². The van der Waals surface area contributed by atoms with Crippen LogP contribution in [0.15, 0.2) is 36.7 Å². The summed E-state index contributed by atoms with van der Waals surface area (Å²) in [6, 6.07) is 0. The molecule has 2 fully saturated rings. The molecule has 2 aromatic heterocycles. The van der Waals surface area contributed by atoms with Crippen LogP contribution in [-0.2, 0) is 32.0 Å². The van der Waals surface area contributed by atoms with Crippen LogP contribution in [0, 0.1) is 5.41 Å². The third-order valence-corrected chi connectivity index (χ3v) is 9.41. The number of nitrogens with two attached hydrogens (primary N) is 1. The van der Waals surface area contributed by atoms with Crippen molar-refractivity contribution in [3.05, 3.63) is 36.7 Å². The van der Waals surface area contributed by atoms with Crippen molar-refractivity contribution in [2.75, 3.05) is 18.9 Å². The molecule has 0 saturated carbocycles. The Bertz CT molecular complexity index is 1570. The molecule has 10 atom stereocenters. The number of nitrogens with zero attached hydrogens (tertiary/aromatic N) is 5. The second kappa shape index (κ2) is 16.9. The molecule has 0 aliphatic carbocycles. The van der Waals surface area contributed by atoms with E-state index >= 15 is 0 Å². The number of hydrogen-bond donors (Lipinski definition) is 7. The third kappa shape index (κ3) is 9.45. The Balaban J connectivity index is 0.00000256. The van der Waals surface area contributed by atoms with E-state index in [-0.39, 0.29) is 93.6 Å². The molecule has 47 heavy (non-hydrogen) atoms. The van der Waals surface area contributed by atoms with Crippen LogP contribution in [0.1, 0.15) is 12.6 Å². The number of nitrogens with one attached hydrogen (secondary N) is 1. The maximum Gasteiger partial charge on any atom is 1.00 e. The molecule has 5 rings (SSSR count). The van der Waals surface area contributed by atoms with Crippen LogP contribution in [0.2, 0.25) is 0 Å². The van der Waals surface area contributed by atoms with Gasteiger partial charge in [0.25, 0.3) is 7.82 Å². The first-order valence-electron chi connectivity index (χ1n) is 12.7. The number of phosphoric acid groups is 2. The summed E-state index contributed by atoms with van der Waals surface area (Å²) in [5.41, 5.74) is 6.16. The van der Waals surface area contributed by atoms with E-state index in [1.54, 1.807) is 0 Å². The van der Waals surface area contributed by atoms with Gasteiger partial charge in [-0.2, -0.15) is 0 Å². The Kier molecular flexibility index (Phi) is 15.2. The first kappa shape index (κ1) is 42.2. The van der Waals surface area contributed by atoms with E-state index in [1.165, 1.54) is 34.3 Å². The van der Waals surface area contributed by atoms with Crippen molar-refractivity contribution >= 4 is 38.5 Å². The molecule has 26 heteroatoms. The Morgan fingerprint density at radius 1 is 1.02 bits per heavy atom. The minimum atomic E-state index is -5.62. The predicted molar refractivity (Wildman–Crippen MR) is 142 cm³/mol. The van der Waals surface area contributed by atoms with E-state index in [2.05, 4.69) is 28.3 Å². The molecule has 3 aliphatic heterocycles. The van der Waals surface area contributed by atoms with Gasteiger partial charge in [0.05, 0.1) is 19.5 Å². The van der Waals surface area contributed by atoms with Crippen LogP contribution < -0.4 is 74.8 Å². The molecule has 0 spiro atoms. The molecule has 0 bridgehead atoms. The van der Waals surface area contributed by atoms with Crippen LogP contribution in [-0.4, -0.2) is 117 Å². The van der Waals surface area contributed by atoms with Gasteiger partial charge in [-0.15, -0.1) is 0 Å². The third-order valence-electron chi connectivity index (χ3n) is 6.84. The summed E-state index contributed by atoms with van der Waals surface area (Å²) >= 11 is 0. The van der Waals surface area contributed by atoms with E-state index < -0.39 is 83.8 Å². The standard InChI is InChI=1S/C21H29N7O14P2.2Na.H2O/c22-17-12-19(25-7-24-17)28(8-26-12)21-16(32)14(30)11(41-21)6-39-44(36,37)42-43(34,35)38-5-10-13(29)15(31)20(40-10)27-3-1-2-9(4-27)18(23)33;;;/h1,3-4,7-8,10-11,13-16,20-21,29-32H,2,5-6H2,(H2,23,33)(H,34,35)(H,36,37)(H2,22,24,25);;;1H2/q;2*+1;/p-2/t10-,11-,13-,14-,15-,16-,20-,21-;;;/m1.../s1. The average Bonchev–Trinajstić information content (AvgIpc) is 3.61. The summed E-state index contributed by atoms with van der Waals surface area (Å²) in [5.74, 6) is -0.924. The van der Waals surface area contributed by atoms with Gasteiger partial charge in [0.1, 0.15) is 48.5 Å². The van der Waals surface area contributed by atoms with Crippen molar-refractivity contribution in [2.45, 2.75) is 55.5 Å². The average molecular weight is 727 g/mol. The van der Waals surface area contributed by atoms with E-state index in [4.69, 9.17) is 20.6 Å². The van der Waals surface area contributed by atoms with Crippen molar-refractivity contribution in [3.63, 3.8) is 0 Å². The smallest absolute Gasteiger partial charge is 0.859 e. The molecule has 2 saturated heterocycles. The fourth-order valence-electron chi connectivity index (χ4n) is 4.66. The summed E-state index contributed by atoms with van der Waals surface area (Å²) in [6.07, 6.45) is -5.40. The predicted octanol–water partition coefficient (Wildman–Crippen LogP) is -10.3. The first-order chi connectivity index (χ1) is 20.7. The number of anilines is 1. The molecule has 10 N–H and O–H groups in total. The number of aromatic nitrogens is 4. The summed E-state index contributed by atoms with van der Waals surface area (Å²) in [6.45, 7) is -1.89. The summed E-state index contributed by atoms with van der Waals surface area (Å²) in [5, 5.41) is 60.1. The van der Waals surface area contributed by atoms with Crippen molar-refractivity contribution in [1.29, 1.82) is 5.41 Å². The number of nitrogen functional groups attached to an aromatic ring is 1. The van der Waals surface area contributed by atoms with Gasteiger partial charge in [0.2, 0.25) is 0 Å². The van der Waals surface area contributed by atoms with Crippen molar-refractivity contribution < 1.29 is 132 Å². The quantitative estimate of drug-likeness (QED) is 0.0489. The molecular formula is C21H29N7Na2O15P2. The molecule has 2 unspecified atom stereocenters. The maximum absolute atomic E-state index is 12.4. The topological polar surface area (TPSA) is 356 Å². The van der Waals surface area contributed by atoms with Crippen LogP contribution in [0.25, 0.3) is 11.2 Å². The first-order valence-corrected chi connectivity index (χ1v) is 15.6. The molecule has 3 aliphatic rings. The number of rotatable bonds is 11. The maximum atomic E-state index is 12.4. The Hall–Kier alpha value is -0.920. The molecule has 0 amide bonds. The molecule has 5 heterocycles. The zero-order valence-electron chi connectivity index (χ0n) is 24.7. The number of phosphoric ester groups is 2. The van der Waals surface area contributed by atoms with Gasteiger partial charge in [0.15, 0.2) is 23.9 Å². The van der Waals surface area contributed by atoms with Gasteiger partial charge >= 0.3 is 66.9 Å². The number of imidazole rings is 1. The normalized spacial score (nSPS) is 31.2. The monoisotopic (exact) mass is 727 g/mol. The second-order valence-electron chi connectivity index (χ2n) is 9.78. The van der Waals surface area contributed by atoms with Crippen LogP contribution >= 0.6 is 15.6 Å². The number of ether oxygens (including phenoxy) is 2. The Morgan fingerprint density at radius 3 is 2.26 bits per heavy atom. The van der Waals surface area contributed by atoms with Crippen molar-refractivity contribution in [1.82, 2.24) is 24.4 Å². The van der Waals surface area contributed by atoms with Crippen molar-refractivity contribution in [2.24, 2.45) is 0 Å². The number of aliphatic hydroxyl groups is 4. The fraction of sp³-hybridized carbons (Fsp3) is 0.524. The molecule has 0 aromatic carbocycles. The number of fused-ring (bicyclic) bond motifs is 1. The second-order valence-corrected chi connectivity index (χ2v) is 12.8. The zero-order valence-corrected chi connectivity index (χ0v) is 30.5. The minimum absolute atomic E-state index is 0. The number of allylic oxidation sites excluding steroid dienone is 1. The molecule has 2 aromatic rings. The van der Waals surface area contributed by atoms with Gasteiger partial charge < -0.3 is 70.8 Å². The van der Waals surface area contributed by atoms with Gasteiger partial charge in [0, 0.05) is 12.4 Å². The SMILES string of the molecule is N=C([O-])C1=CN([C@@H]2O[C@H](COP(=O)([O-])OP(=O)(O)OC[C@H]3O[C@@H](n4cnc5c(N)ncnc54)[C@H](O)[C@@H]3O)[C@@H](O)[C@H]2O)C=CC1.O.[Na+].[Na+]. The van der Waals surface area contributed by atoms with E-state index in [9.17, 15) is 44.4 Å². The summed E-state index contributed by atoms with van der Waals surface area (Å²) in [7, 11) is -11.1. The summed E-state index contributed by atoms with van der Waals surface area (Å²) in [4.78, 5) is 35.3. The Morgan fingerprint density at radius 2 is 1.62 bits per heavy atom.